The first kappa shape index (κ1) is 17.7. The molecule has 1 aliphatic carbocycles. The average molecular weight is 439 g/mol. The Labute approximate surface area is 172 Å². The third-order valence-corrected chi connectivity index (χ3v) is 6.37. The summed E-state index contributed by atoms with van der Waals surface area (Å²) in [5, 5.41) is 7.67. The SMILES string of the molecule is CCCc1[nH]nc2c1C(c1ccc(Br)cc1)c1c(nc3c(c1N)CCCC3)O2. The van der Waals surface area contributed by atoms with Crippen molar-refractivity contribution < 1.29 is 4.74 Å². The van der Waals surface area contributed by atoms with Gasteiger partial charge in [-0.2, -0.15) is 0 Å². The molecule has 3 N–H and O–H groups in total. The van der Waals surface area contributed by atoms with Crippen LogP contribution >= 0.6 is 15.9 Å². The number of fused-ring (bicyclic) bond motifs is 3. The molecular weight excluding hydrogens is 416 g/mol. The highest BCUT2D eigenvalue weighted by Crippen LogP contribution is 2.51. The van der Waals surface area contributed by atoms with Crippen LogP contribution < -0.4 is 10.5 Å². The van der Waals surface area contributed by atoms with E-state index in [1.54, 1.807) is 0 Å². The van der Waals surface area contributed by atoms with Gasteiger partial charge in [-0.1, -0.05) is 41.4 Å². The third kappa shape index (κ3) is 2.73. The monoisotopic (exact) mass is 438 g/mol. The van der Waals surface area contributed by atoms with Gasteiger partial charge in [0.15, 0.2) is 0 Å². The topological polar surface area (TPSA) is 76.8 Å². The number of H-pyrrole nitrogens is 1. The van der Waals surface area contributed by atoms with Crippen molar-refractivity contribution in [3.63, 3.8) is 0 Å². The van der Waals surface area contributed by atoms with Crippen molar-refractivity contribution in [1.82, 2.24) is 15.2 Å². The Morgan fingerprint density at radius 3 is 2.71 bits per heavy atom. The van der Waals surface area contributed by atoms with E-state index in [2.05, 4.69) is 57.3 Å². The summed E-state index contributed by atoms with van der Waals surface area (Å²) >= 11 is 3.55. The Kier molecular flexibility index (Phi) is 4.38. The molecule has 1 aliphatic heterocycles. The number of aromatic amines is 1. The standard InChI is InChI=1S/C22H23BrN4O/c1-2-5-16-18-17(12-8-10-13(23)11-9-12)19-20(24)14-6-3-4-7-15(14)25-21(19)28-22(18)27-26-16/h8-11,17H,2-7H2,1H3,(H2,24,25)(H,26,27). The Balaban J connectivity index is 1.76. The summed E-state index contributed by atoms with van der Waals surface area (Å²) < 4.78 is 7.24. The molecule has 0 saturated heterocycles. The molecule has 5 nitrogen and oxygen atoms in total. The lowest BCUT2D eigenvalue weighted by atomic mass is 9.80. The predicted octanol–water partition coefficient (Wildman–Crippen LogP) is 5.27. The molecule has 0 bridgehead atoms. The first-order valence-electron chi connectivity index (χ1n) is 9.99. The Morgan fingerprint density at radius 2 is 1.93 bits per heavy atom. The van der Waals surface area contributed by atoms with Crippen LogP contribution in [0.4, 0.5) is 5.69 Å². The number of aromatic nitrogens is 3. The van der Waals surface area contributed by atoms with Gasteiger partial charge in [-0.3, -0.25) is 5.10 Å². The molecule has 1 aromatic carbocycles. The van der Waals surface area contributed by atoms with E-state index >= 15 is 0 Å². The van der Waals surface area contributed by atoms with E-state index in [4.69, 9.17) is 15.5 Å². The summed E-state index contributed by atoms with van der Waals surface area (Å²) in [4.78, 5) is 4.90. The normalized spacial score (nSPS) is 17.4. The number of hydrogen-bond acceptors (Lipinski definition) is 4. The van der Waals surface area contributed by atoms with E-state index in [1.807, 2.05) is 0 Å². The van der Waals surface area contributed by atoms with Gasteiger partial charge in [0, 0.05) is 33.0 Å². The fraction of sp³-hybridized carbons (Fsp3) is 0.364. The third-order valence-electron chi connectivity index (χ3n) is 5.84. The average Bonchev–Trinajstić information content (AvgIpc) is 3.10. The summed E-state index contributed by atoms with van der Waals surface area (Å²) in [6, 6.07) is 8.45. The van der Waals surface area contributed by atoms with E-state index in [1.165, 1.54) is 17.5 Å². The summed E-state index contributed by atoms with van der Waals surface area (Å²) in [7, 11) is 0. The van der Waals surface area contributed by atoms with Crippen LogP contribution in [0.3, 0.4) is 0 Å². The minimum Gasteiger partial charge on any atom is -0.418 e. The molecule has 0 amide bonds. The number of anilines is 1. The van der Waals surface area contributed by atoms with E-state index in [0.717, 1.165) is 64.8 Å². The highest BCUT2D eigenvalue weighted by atomic mass is 79.9. The van der Waals surface area contributed by atoms with Crippen LogP contribution in [0.25, 0.3) is 0 Å². The minimum atomic E-state index is -0.0214. The lowest BCUT2D eigenvalue weighted by Gasteiger charge is -2.30. The zero-order valence-corrected chi connectivity index (χ0v) is 17.5. The number of pyridine rings is 1. The number of benzene rings is 1. The molecule has 0 fully saturated rings. The van der Waals surface area contributed by atoms with Gasteiger partial charge in [0.2, 0.25) is 11.8 Å². The fourth-order valence-corrected chi connectivity index (χ4v) is 4.79. The molecule has 5 rings (SSSR count). The molecule has 2 aliphatic rings. The van der Waals surface area contributed by atoms with Crippen molar-refractivity contribution in [2.24, 2.45) is 0 Å². The van der Waals surface area contributed by atoms with Crippen LogP contribution in [0, 0.1) is 0 Å². The number of nitrogens with one attached hydrogen (secondary N) is 1. The van der Waals surface area contributed by atoms with Gasteiger partial charge in [-0.05, 0) is 55.4 Å². The lowest BCUT2D eigenvalue weighted by Crippen LogP contribution is -2.19. The van der Waals surface area contributed by atoms with E-state index < -0.39 is 0 Å². The molecule has 0 saturated carbocycles. The number of rotatable bonds is 3. The van der Waals surface area contributed by atoms with Crippen LogP contribution in [0.5, 0.6) is 11.8 Å². The first-order chi connectivity index (χ1) is 13.7. The van der Waals surface area contributed by atoms with Gasteiger partial charge in [-0.15, -0.1) is 5.10 Å². The molecule has 28 heavy (non-hydrogen) atoms. The smallest absolute Gasteiger partial charge is 0.244 e. The maximum absolute atomic E-state index is 6.77. The molecule has 144 valence electrons. The van der Waals surface area contributed by atoms with Gasteiger partial charge < -0.3 is 10.5 Å². The molecule has 6 heteroatoms. The quantitative estimate of drug-likeness (QED) is 0.456. The van der Waals surface area contributed by atoms with Crippen LogP contribution in [-0.4, -0.2) is 15.2 Å². The number of aryl methyl sites for hydroxylation is 2. The second-order valence-corrected chi connectivity index (χ2v) is 8.55. The van der Waals surface area contributed by atoms with Crippen molar-refractivity contribution in [3.05, 3.63) is 62.4 Å². The molecule has 0 radical (unpaired) electrons. The molecule has 3 heterocycles. The molecule has 1 unspecified atom stereocenters. The van der Waals surface area contributed by atoms with Gasteiger partial charge in [0.1, 0.15) is 0 Å². The number of nitrogen functional groups attached to an aromatic ring is 1. The summed E-state index contributed by atoms with van der Waals surface area (Å²) in [5.41, 5.74) is 14.3. The second kappa shape index (κ2) is 6.92. The molecule has 2 aromatic heterocycles. The van der Waals surface area contributed by atoms with Crippen molar-refractivity contribution in [2.75, 3.05) is 5.73 Å². The molecule has 0 spiro atoms. The Morgan fingerprint density at radius 1 is 1.14 bits per heavy atom. The van der Waals surface area contributed by atoms with Crippen molar-refractivity contribution in [3.8, 4) is 11.8 Å². The molecule has 1 atom stereocenters. The van der Waals surface area contributed by atoms with Gasteiger partial charge in [0.25, 0.3) is 0 Å². The van der Waals surface area contributed by atoms with Crippen LogP contribution in [0.1, 0.15) is 65.7 Å². The molecule has 3 aromatic rings. The van der Waals surface area contributed by atoms with E-state index in [9.17, 15) is 0 Å². The summed E-state index contributed by atoms with van der Waals surface area (Å²) in [6.45, 7) is 2.17. The number of nitrogens with zero attached hydrogens (tertiary/aromatic N) is 2. The number of halogens is 1. The van der Waals surface area contributed by atoms with Gasteiger partial charge in [-0.25, -0.2) is 4.98 Å². The summed E-state index contributed by atoms with van der Waals surface area (Å²) in [5.74, 6) is 1.23. The molecular formula is C22H23BrN4O. The van der Waals surface area contributed by atoms with Crippen LogP contribution in [0.15, 0.2) is 28.7 Å². The second-order valence-electron chi connectivity index (χ2n) is 7.63. The zero-order valence-electron chi connectivity index (χ0n) is 15.9. The fourth-order valence-electron chi connectivity index (χ4n) is 4.53. The van der Waals surface area contributed by atoms with Crippen molar-refractivity contribution in [1.29, 1.82) is 0 Å². The van der Waals surface area contributed by atoms with Gasteiger partial charge in [0.05, 0.1) is 5.56 Å². The lowest BCUT2D eigenvalue weighted by molar-refractivity contribution is 0.414. The Hall–Kier alpha value is -2.34. The highest BCUT2D eigenvalue weighted by Gasteiger charge is 2.37. The highest BCUT2D eigenvalue weighted by molar-refractivity contribution is 9.10. The van der Waals surface area contributed by atoms with Crippen LogP contribution in [-0.2, 0) is 19.3 Å². The van der Waals surface area contributed by atoms with Gasteiger partial charge >= 0.3 is 0 Å². The predicted molar refractivity (Wildman–Crippen MR) is 113 cm³/mol. The van der Waals surface area contributed by atoms with E-state index in [-0.39, 0.29) is 5.92 Å². The van der Waals surface area contributed by atoms with Crippen molar-refractivity contribution >= 4 is 21.6 Å². The number of nitrogens with two attached hydrogens (primary N) is 1. The van der Waals surface area contributed by atoms with Crippen molar-refractivity contribution in [2.45, 2.75) is 51.4 Å². The largest absolute Gasteiger partial charge is 0.418 e. The maximum Gasteiger partial charge on any atom is 0.244 e. The number of hydrogen-bond donors (Lipinski definition) is 2. The maximum atomic E-state index is 6.77. The minimum absolute atomic E-state index is 0.0214. The number of ether oxygens (including phenoxy) is 1. The van der Waals surface area contributed by atoms with E-state index in [0.29, 0.717) is 11.8 Å². The zero-order chi connectivity index (χ0) is 19.3. The first-order valence-corrected chi connectivity index (χ1v) is 10.8. The Bertz CT molecular complexity index is 1040. The van der Waals surface area contributed by atoms with Crippen LogP contribution in [0.2, 0.25) is 0 Å². The summed E-state index contributed by atoms with van der Waals surface area (Å²) in [6.07, 6.45) is 6.24.